The number of aromatic nitrogens is 1. The first-order valence-electron chi connectivity index (χ1n) is 11.0. The monoisotopic (exact) mass is 433 g/mol. The minimum Gasteiger partial charge on any atom is -0.497 e. The number of anilines is 1. The van der Waals surface area contributed by atoms with E-state index in [1.807, 2.05) is 41.8 Å². The van der Waals surface area contributed by atoms with E-state index in [0.29, 0.717) is 29.4 Å². The van der Waals surface area contributed by atoms with Crippen molar-refractivity contribution in [3.63, 3.8) is 0 Å². The molecule has 0 unspecified atom stereocenters. The van der Waals surface area contributed by atoms with Crippen LogP contribution in [0, 0.1) is 0 Å². The zero-order valence-electron chi connectivity index (χ0n) is 18.3. The predicted molar refractivity (Wildman–Crippen MR) is 121 cm³/mol. The van der Waals surface area contributed by atoms with Gasteiger partial charge in [0.15, 0.2) is 0 Å². The zero-order valence-corrected chi connectivity index (χ0v) is 18.3. The molecule has 0 bridgehead atoms. The Morgan fingerprint density at radius 1 is 1.09 bits per heavy atom. The largest absolute Gasteiger partial charge is 0.497 e. The number of fused-ring (bicyclic) bond motifs is 1. The molecule has 1 aliphatic heterocycles. The van der Waals surface area contributed by atoms with Gasteiger partial charge in [0, 0.05) is 11.7 Å². The van der Waals surface area contributed by atoms with Gasteiger partial charge in [0.05, 0.1) is 25.6 Å². The summed E-state index contributed by atoms with van der Waals surface area (Å²) in [5, 5.41) is 3.21. The Kier molecular flexibility index (Phi) is 5.04. The maximum atomic E-state index is 13.8. The first kappa shape index (κ1) is 20.4. The molecule has 1 aliphatic carbocycles. The summed E-state index contributed by atoms with van der Waals surface area (Å²) in [5.41, 5.74) is 0.861. The number of carbonyl (C=O) groups excluding carboxylic acids is 2. The van der Waals surface area contributed by atoms with Crippen molar-refractivity contribution in [1.82, 2.24) is 9.88 Å². The molecule has 1 fully saturated rings. The number of methoxy groups -OCH3 is 1. The first-order chi connectivity index (χ1) is 15.5. The van der Waals surface area contributed by atoms with Crippen LogP contribution in [0.25, 0.3) is 11.5 Å². The maximum absolute atomic E-state index is 13.8. The van der Waals surface area contributed by atoms with Crippen molar-refractivity contribution in [3.8, 4) is 17.2 Å². The van der Waals surface area contributed by atoms with Crippen LogP contribution < -0.4 is 15.0 Å². The van der Waals surface area contributed by atoms with Gasteiger partial charge in [-0.25, -0.2) is 0 Å². The van der Waals surface area contributed by atoms with E-state index in [0.717, 1.165) is 31.4 Å². The highest BCUT2D eigenvalue weighted by Gasteiger charge is 2.49. The van der Waals surface area contributed by atoms with E-state index in [1.54, 1.807) is 36.5 Å². The number of nitrogens with one attached hydrogen (secondary N) is 1. The zero-order chi connectivity index (χ0) is 22.3. The van der Waals surface area contributed by atoms with E-state index in [1.165, 1.54) is 0 Å². The van der Waals surface area contributed by atoms with E-state index in [-0.39, 0.29) is 17.9 Å². The van der Waals surface area contributed by atoms with Crippen LogP contribution in [0.1, 0.15) is 43.1 Å². The number of furan rings is 1. The van der Waals surface area contributed by atoms with Crippen molar-refractivity contribution >= 4 is 17.5 Å². The minimum atomic E-state index is -1.11. The summed E-state index contributed by atoms with van der Waals surface area (Å²) < 4.78 is 12.8. The summed E-state index contributed by atoms with van der Waals surface area (Å²) in [7, 11) is 1.60. The van der Waals surface area contributed by atoms with Crippen LogP contribution in [0.5, 0.6) is 5.75 Å². The van der Waals surface area contributed by atoms with Crippen molar-refractivity contribution in [3.05, 3.63) is 60.5 Å². The van der Waals surface area contributed by atoms with Gasteiger partial charge < -0.3 is 19.0 Å². The summed E-state index contributed by atoms with van der Waals surface area (Å²) >= 11 is 0. The van der Waals surface area contributed by atoms with Crippen molar-refractivity contribution in [2.24, 2.45) is 0 Å². The average molecular weight is 434 g/mol. The Bertz CT molecular complexity index is 1130. The van der Waals surface area contributed by atoms with E-state index < -0.39 is 5.54 Å². The van der Waals surface area contributed by atoms with Crippen LogP contribution in [0.4, 0.5) is 5.69 Å². The van der Waals surface area contributed by atoms with Crippen LogP contribution in [0.15, 0.2) is 59.2 Å². The lowest BCUT2D eigenvalue weighted by molar-refractivity contribution is -0.127. The second kappa shape index (κ2) is 7.89. The van der Waals surface area contributed by atoms with E-state index in [2.05, 4.69) is 5.32 Å². The first-order valence-corrected chi connectivity index (χ1v) is 11.0. The van der Waals surface area contributed by atoms with Gasteiger partial charge >= 0.3 is 0 Å². The van der Waals surface area contributed by atoms with Gasteiger partial charge in [0.25, 0.3) is 5.91 Å². The molecule has 7 nitrogen and oxygen atoms in total. The highest BCUT2D eigenvalue weighted by molar-refractivity contribution is 6.12. The second-order valence-electron chi connectivity index (χ2n) is 8.73. The molecule has 0 spiro atoms. The van der Waals surface area contributed by atoms with Crippen molar-refractivity contribution in [1.29, 1.82) is 0 Å². The number of carbonyl (C=O) groups is 2. The molecular formula is C25H27N3O4. The van der Waals surface area contributed by atoms with Crippen LogP contribution in [-0.4, -0.2) is 35.1 Å². The third-order valence-electron chi connectivity index (χ3n) is 6.65. The molecule has 3 heterocycles. The molecule has 166 valence electrons. The quantitative estimate of drug-likeness (QED) is 0.653. The highest BCUT2D eigenvalue weighted by atomic mass is 16.5. The Morgan fingerprint density at radius 2 is 1.81 bits per heavy atom. The molecular weight excluding hydrogens is 406 g/mol. The van der Waals surface area contributed by atoms with Gasteiger partial charge in [-0.3, -0.25) is 14.5 Å². The molecule has 3 aromatic rings. The lowest BCUT2D eigenvalue weighted by Crippen LogP contribution is -2.65. The molecule has 5 rings (SSSR count). The van der Waals surface area contributed by atoms with Crippen molar-refractivity contribution in [2.75, 3.05) is 12.0 Å². The molecule has 1 atom stereocenters. The Morgan fingerprint density at radius 3 is 2.47 bits per heavy atom. The van der Waals surface area contributed by atoms with Gasteiger partial charge in [0.1, 0.15) is 22.7 Å². The van der Waals surface area contributed by atoms with Gasteiger partial charge in [-0.05, 0) is 68.3 Å². The SMILES string of the molecule is COc1ccc(N2C(=O)c3ccc(-c4ccco4)n3C[C@]2(C)C(=O)NC2CCCC2)cc1. The number of rotatable bonds is 5. The highest BCUT2D eigenvalue weighted by Crippen LogP contribution is 2.37. The standard InChI is InChI=1S/C25H27N3O4/c1-25(24(30)26-17-6-3-4-7-17)16-27-20(22-8-5-15-32-22)13-14-21(27)23(29)28(25)18-9-11-19(31-2)12-10-18/h5,8-15,17H,3-4,6-7,16H2,1-2H3,(H,26,30)/t25-/m1/s1. The van der Waals surface area contributed by atoms with Gasteiger partial charge in [-0.2, -0.15) is 0 Å². The van der Waals surface area contributed by atoms with Crippen LogP contribution in [0.3, 0.4) is 0 Å². The topological polar surface area (TPSA) is 76.7 Å². The number of hydrogen-bond donors (Lipinski definition) is 1. The van der Waals surface area contributed by atoms with E-state index in [9.17, 15) is 9.59 Å². The molecule has 1 saturated carbocycles. The lowest BCUT2D eigenvalue weighted by atomic mass is 9.93. The summed E-state index contributed by atoms with van der Waals surface area (Å²) in [4.78, 5) is 29.1. The van der Waals surface area contributed by atoms with Gasteiger partial charge in [-0.1, -0.05) is 12.8 Å². The number of nitrogens with zero attached hydrogens (tertiary/aromatic N) is 2. The molecule has 1 N–H and O–H groups in total. The number of benzene rings is 1. The average Bonchev–Trinajstić information content (AvgIpc) is 3.56. The second-order valence-corrected chi connectivity index (χ2v) is 8.73. The summed E-state index contributed by atoms with van der Waals surface area (Å²) in [6.07, 6.45) is 5.80. The van der Waals surface area contributed by atoms with Crippen molar-refractivity contribution in [2.45, 2.75) is 50.7 Å². The summed E-state index contributed by atoms with van der Waals surface area (Å²) in [6, 6.07) is 14.8. The molecule has 2 amide bonds. The molecule has 7 heteroatoms. The molecule has 2 aromatic heterocycles. The fourth-order valence-corrected chi connectivity index (χ4v) is 4.90. The Labute approximate surface area is 187 Å². The van der Waals surface area contributed by atoms with Crippen LogP contribution >= 0.6 is 0 Å². The number of ether oxygens (including phenoxy) is 1. The number of hydrogen-bond acceptors (Lipinski definition) is 4. The fourth-order valence-electron chi connectivity index (χ4n) is 4.90. The molecule has 2 aliphatic rings. The smallest absolute Gasteiger partial charge is 0.275 e. The van der Waals surface area contributed by atoms with E-state index in [4.69, 9.17) is 9.15 Å². The lowest BCUT2D eigenvalue weighted by Gasteiger charge is -2.44. The van der Waals surface area contributed by atoms with Gasteiger partial charge in [-0.15, -0.1) is 0 Å². The van der Waals surface area contributed by atoms with Gasteiger partial charge in [0.2, 0.25) is 5.91 Å². The Balaban J connectivity index is 1.59. The fraction of sp³-hybridized carbons (Fsp3) is 0.360. The maximum Gasteiger partial charge on any atom is 0.275 e. The third kappa shape index (κ3) is 3.28. The molecule has 0 saturated heterocycles. The minimum absolute atomic E-state index is 0.140. The molecule has 1 aromatic carbocycles. The predicted octanol–water partition coefficient (Wildman–Crippen LogP) is 4.23. The Hall–Kier alpha value is -3.48. The van der Waals surface area contributed by atoms with Crippen LogP contribution in [-0.2, 0) is 11.3 Å². The third-order valence-corrected chi connectivity index (χ3v) is 6.65. The van der Waals surface area contributed by atoms with Crippen molar-refractivity contribution < 1.29 is 18.7 Å². The van der Waals surface area contributed by atoms with Crippen LogP contribution in [0.2, 0.25) is 0 Å². The molecule has 0 radical (unpaired) electrons. The summed E-state index contributed by atoms with van der Waals surface area (Å²) in [6.45, 7) is 2.16. The molecule has 32 heavy (non-hydrogen) atoms. The number of amides is 2. The summed E-state index contributed by atoms with van der Waals surface area (Å²) in [5.74, 6) is 1.00. The normalized spacial score (nSPS) is 20.9. The van der Waals surface area contributed by atoms with E-state index >= 15 is 0 Å².